The molecule has 2 aromatic rings. The van der Waals surface area contributed by atoms with Crippen molar-refractivity contribution < 1.29 is 8.42 Å². The second-order valence-corrected chi connectivity index (χ2v) is 6.83. The summed E-state index contributed by atoms with van der Waals surface area (Å²) in [6, 6.07) is 7.63. The van der Waals surface area contributed by atoms with Crippen LogP contribution in [0, 0.1) is 0 Å². The molecule has 1 atom stereocenters. The molecule has 4 nitrogen and oxygen atoms in total. The van der Waals surface area contributed by atoms with Crippen molar-refractivity contribution in [3.63, 3.8) is 0 Å². The molecule has 1 aromatic heterocycles. The van der Waals surface area contributed by atoms with Gasteiger partial charge in [0.25, 0.3) is 0 Å². The molecule has 1 heterocycles. The lowest BCUT2D eigenvalue weighted by Crippen LogP contribution is -2.27. The molecule has 0 aliphatic rings. The van der Waals surface area contributed by atoms with Gasteiger partial charge in [0.2, 0.25) is 0 Å². The van der Waals surface area contributed by atoms with E-state index in [-0.39, 0.29) is 11.8 Å². The second-order valence-electron chi connectivity index (χ2n) is 4.65. The third-order valence-corrected chi connectivity index (χ3v) is 3.95. The molecule has 102 valence electrons. The monoisotopic (exact) mass is 278 g/mol. The highest BCUT2D eigenvalue weighted by Crippen LogP contribution is 2.24. The first kappa shape index (κ1) is 14.0. The van der Waals surface area contributed by atoms with Gasteiger partial charge in [0, 0.05) is 30.1 Å². The highest BCUT2D eigenvalue weighted by atomic mass is 32.2. The van der Waals surface area contributed by atoms with E-state index in [1.807, 2.05) is 31.2 Å². The van der Waals surface area contributed by atoms with Crippen LogP contribution in [0.15, 0.2) is 36.7 Å². The molecule has 1 unspecified atom stereocenters. The van der Waals surface area contributed by atoms with Crippen LogP contribution in [0.25, 0.3) is 10.8 Å². The lowest BCUT2D eigenvalue weighted by atomic mass is 10.0. The molecule has 0 bridgehead atoms. The summed E-state index contributed by atoms with van der Waals surface area (Å²) >= 11 is 0. The molecular formula is C14H18N2O2S. The average molecular weight is 278 g/mol. The number of rotatable bonds is 5. The summed E-state index contributed by atoms with van der Waals surface area (Å²) < 4.78 is 23.1. The van der Waals surface area contributed by atoms with Crippen LogP contribution < -0.4 is 5.32 Å². The Morgan fingerprint density at radius 2 is 2.11 bits per heavy atom. The van der Waals surface area contributed by atoms with Crippen molar-refractivity contribution in [1.82, 2.24) is 10.3 Å². The number of nitrogens with zero attached hydrogens (tertiary/aromatic N) is 1. The topological polar surface area (TPSA) is 59.1 Å². The Labute approximate surface area is 113 Å². The van der Waals surface area contributed by atoms with Gasteiger partial charge >= 0.3 is 0 Å². The van der Waals surface area contributed by atoms with E-state index in [9.17, 15) is 8.42 Å². The second kappa shape index (κ2) is 5.67. The highest BCUT2D eigenvalue weighted by Gasteiger charge is 2.18. The average Bonchev–Trinajstić information content (AvgIpc) is 2.36. The Morgan fingerprint density at radius 1 is 1.32 bits per heavy atom. The Kier molecular flexibility index (Phi) is 4.17. The number of pyridine rings is 1. The summed E-state index contributed by atoms with van der Waals surface area (Å²) in [6.45, 7) is 2.70. The van der Waals surface area contributed by atoms with E-state index in [1.165, 1.54) is 6.26 Å². The van der Waals surface area contributed by atoms with Crippen molar-refractivity contribution in [2.75, 3.05) is 18.6 Å². The lowest BCUT2D eigenvalue weighted by molar-refractivity contribution is 0.565. The van der Waals surface area contributed by atoms with Crippen LogP contribution in [0.5, 0.6) is 0 Å². The minimum atomic E-state index is -3.04. The maximum atomic E-state index is 11.6. The summed E-state index contributed by atoms with van der Waals surface area (Å²) in [5.74, 6) is 0.0995. The fourth-order valence-corrected chi connectivity index (χ4v) is 3.16. The predicted molar refractivity (Wildman–Crippen MR) is 77.9 cm³/mol. The van der Waals surface area contributed by atoms with Crippen LogP contribution >= 0.6 is 0 Å². The summed E-state index contributed by atoms with van der Waals surface area (Å²) in [7, 11) is -3.04. The van der Waals surface area contributed by atoms with E-state index < -0.39 is 9.84 Å². The Bertz CT molecular complexity index is 663. The Hall–Kier alpha value is -1.46. The van der Waals surface area contributed by atoms with Gasteiger partial charge in [-0.2, -0.15) is 0 Å². The third kappa shape index (κ3) is 3.52. The standard InChI is InChI=1S/C14H18N2O2S/c1-3-16-14(10-19(2,17)18)13-6-4-5-11-9-15-8-7-12(11)13/h4-9,14,16H,3,10H2,1-2H3. The van der Waals surface area contributed by atoms with E-state index in [2.05, 4.69) is 10.3 Å². The van der Waals surface area contributed by atoms with Crippen LogP contribution in [-0.2, 0) is 9.84 Å². The van der Waals surface area contributed by atoms with Gasteiger partial charge in [-0.1, -0.05) is 25.1 Å². The molecule has 0 radical (unpaired) electrons. The van der Waals surface area contributed by atoms with Crippen molar-refractivity contribution in [3.8, 4) is 0 Å². The third-order valence-electron chi connectivity index (χ3n) is 3.01. The van der Waals surface area contributed by atoms with Crippen molar-refractivity contribution in [3.05, 3.63) is 42.2 Å². The minimum absolute atomic E-state index is 0.0995. The van der Waals surface area contributed by atoms with E-state index in [0.717, 1.165) is 22.9 Å². The maximum Gasteiger partial charge on any atom is 0.149 e. The highest BCUT2D eigenvalue weighted by molar-refractivity contribution is 7.90. The number of fused-ring (bicyclic) bond motifs is 1. The molecule has 0 fully saturated rings. The van der Waals surface area contributed by atoms with Crippen LogP contribution in [-0.4, -0.2) is 32.0 Å². The zero-order valence-electron chi connectivity index (χ0n) is 11.1. The fourth-order valence-electron chi connectivity index (χ4n) is 2.26. The molecule has 0 aliphatic heterocycles. The van der Waals surface area contributed by atoms with Crippen LogP contribution in [0.3, 0.4) is 0 Å². The molecule has 0 spiro atoms. The number of hydrogen-bond donors (Lipinski definition) is 1. The molecule has 2 rings (SSSR count). The first-order valence-electron chi connectivity index (χ1n) is 6.25. The van der Waals surface area contributed by atoms with Crippen molar-refractivity contribution >= 4 is 20.6 Å². The van der Waals surface area contributed by atoms with E-state index in [1.54, 1.807) is 12.4 Å². The van der Waals surface area contributed by atoms with Gasteiger partial charge in [-0.05, 0) is 23.6 Å². The smallest absolute Gasteiger partial charge is 0.149 e. The quantitative estimate of drug-likeness (QED) is 0.908. The number of nitrogens with one attached hydrogen (secondary N) is 1. The van der Waals surface area contributed by atoms with Gasteiger partial charge < -0.3 is 5.32 Å². The van der Waals surface area contributed by atoms with Gasteiger partial charge in [-0.15, -0.1) is 0 Å². The molecule has 1 aromatic carbocycles. The number of sulfone groups is 1. The predicted octanol–water partition coefficient (Wildman–Crippen LogP) is 1.93. The molecule has 19 heavy (non-hydrogen) atoms. The molecule has 0 aliphatic carbocycles. The van der Waals surface area contributed by atoms with Gasteiger partial charge in [0.1, 0.15) is 9.84 Å². The van der Waals surface area contributed by atoms with Crippen LogP contribution in [0.4, 0.5) is 0 Å². The zero-order chi connectivity index (χ0) is 13.9. The number of aromatic nitrogens is 1. The molecule has 0 saturated heterocycles. The van der Waals surface area contributed by atoms with Gasteiger partial charge in [-0.3, -0.25) is 4.98 Å². The normalized spacial score (nSPS) is 13.6. The lowest BCUT2D eigenvalue weighted by Gasteiger charge is -2.19. The van der Waals surface area contributed by atoms with Gasteiger partial charge in [-0.25, -0.2) is 8.42 Å². The van der Waals surface area contributed by atoms with Crippen LogP contribution in [0.2, 0.25) is 0 Å². The summed E-state index contributed by atoms with van der Waals surface area (Å²) in [4.78, 5) is 4.10. The van der Waals surface area contributed by atoms with Crippen molar-refractivity contribution in [2.45, 2.75) is 13.0 Å². The van der Waals surface area contributed by atoms with Crippen LogP contribution in [0.1, 0.15) is 18.5 Å². The molecule has 5 heteroatoms. The molecule has 0 amide bonds. The largest absolute Gasteiger partial charge is 0.309 e. The van der Waals surface area contributed by atoms with Crippen molar-refractivity contribution in [2.24, 2.45) is 0 Å². The van der Waals surface area contributed by atoms with E-state index in [4.69, 9.17) is 0 Å². The minimum Gasteiger partial charge on any atom is -0.309 e. The van der Waals surface area contributed by atoms with Crippen molar-refractivity contribution in [1.29, 1.82) is 0 Å². The summed E-state index contributed by atoms with van der Waals surface area (Å²) in [5.41, 5.74) is 1.01. The van der Waals surface area contributed by atoms with E-state index in [0.29, 0.717) is 0 Å². The Balaban J connectivity index is 2.49. The molecule has 1 N–H and O–H groups in total. The van der Waals surface area contributed by atoms with Gasteiger partial charge in [0.15, 0.2) is 0 Å². The number of benzene rings is 1. The molecular weight excluding hydrogens is 260 g/mol. The van der Waals surface area contributed by atoms with Gasteiger partial charge in [0.05, 0.1) is 5.75 Å². The van der Waals surface area contributed by atoms with E-state index >= 15 is 0 Å². The number of hydrogen-bond acceptors (Lipinski definition) is 4. The fraction of sp³-hybridized carbons (Fsp3) is 0.357. The Morgan fingerprint density at radius 3 is 2.79 bits per heavy atom. The molecule has 0 saturated carbocycles. The summed E-state index contributed by atoms with van der Waals surface area (Å²) in [6.07, 6.45) is 4.79. The SMILES string of the molecule is CCNC(CS(C)(=O)=O)c1cccc2cnccc12. The maximum absolute atomic E-state index is 11.6. The zero-order valence-corrected chi connectivity index (χ0v) is 11.9. The summed E-state index contributed by atoms with van der Waals surface area (Å²) in [5, 5.41) is 5.32. The first-order valence-corrected chi connectivity index (χ1v) is 8.31. The first-order chi connectivity index (χ1) is 9.01.